The first-order valence-corrected chi connectivity index (χ1v) is 6.24. The van der Waals surface area contributed by atoms with Crippen molar-refractivity contribution in [3.8, 4) is 0 Å². The zero-order valence-corrected chi connectivity index (χ0v) is 10.5. The molecule has 0 aliphatic heterocycles. The van der Waals surface area contributed by atoms with Gasteiger partial charge < -0.3 is 10.4 Å². The molecule has 1 aromatic heterocycles. The number of nitrogens with one attached hydrogen (secondary N) is 1. The second-order valence-electron chi connectivity index (χ2n) is 4.47. The molecule has 98 valence electrons. The van der Waals surface area contributed by atoms with Crippen LogP contribution < -0.4 is 5.32 Å². The second-order valence-corrected chi connectivity index (χ2v) is 4.83. The van der Waals surface area contributed by atoms with Crippen LogP contribution in [0, 0.1) is 5.82 Å². The van der Waals surface area contributed by atoms with E-state index in [1.807, 2.05) is 0 Å². The van der Waals surface area contributed by atoms with E-state index in [-0.39, 0.29) is 22.9 Å². The van der Waals surface area contributed by atoms with Gasteiger partial charge in [-0.1, -0.05) is 11.6 Å². The number of nitrogens with zero attached hydrogens (tertiary/aromatic N) is 1. The summed E-state index contributed by atoms with van der Waals surface area (Å²) in [5, 5.41) is 12.1. The van der Waals surface area contributed by atoms with E-state index in [0.717, 1.165) is 12.3 Å². The van der Waals surface area contributed by atoms with E-state index in [1.54, 1.807) is 0 Å². The molecule has 4 nitrogen and oxygen atoms in total. The van der Waals surface area contributed by atoms with Gasteiger partial charge in [0.05, 0.1) is 17.9 Å². The molecule has 1 aliphatic rings. The molecule has 6 heteroatoms. The van der Waals surface area contributed by atoms with Gasteiger partial charge in [0.15, 0.2) is 0 Å². The first-order chi connectivity index (χ1) is 8.56. The summed E-state index contributed by atoms with van der Waals surface area (Å²) in [5.74, 6) is -1.02. The summed E-state index contributed by atoms with van der Waals surface area (Å²) in [6, 6.07) is 1.07. The van der Waals surface area contributed by atoms with Crippen molar-refractivity contribution in [2.24, 2.45) is 0 Å². The second kappa shape index (κ2) is 5.63. The lowest BCUT2D eigenvalue weighted by Gasteiger charge is -2.26. The molecule has 0 radical (unpaired) electrons. The molecule has 1 heterocycles. The lowest BCUT2D eigenvalue weighted by atomic mass is 9.93. The van der Waals surface area contributed by atoms with Crippen LogP contribution in [0.4, 0.5) is 4.39 Å². The molecule has 0 atom stereocenters. The molecule has 2 N–H and O–H groups in total. The molecular weight excluding hydrogens is 259 g/mol. The molecule has 1 fully saturated rings. The minimum Gasteiger partial charge on any atom is -0.393 e. The largest absolute Gasteiger partial charge is 0.393 e. The fourth-order valence-corrected chi connectivity index (χ4v) is 2.25. The molecule has 1 aromatic rings. The maximum atomic E-state index is 13.0. The number of halogens is 2. The SMILES string of the molecule is O=C(N[C@H]1CC[C@H](O)CC1)c1cc(F)cnc1Cl. The van der Waals surface area contributed by atoms with Gasteiger partial charge in [0.1, 0.15) is 11.0 Å². The standard InChI is InChI=1S/C12H14ClFN2O2/c13-11-10(5-7(14)6-15-11)12(18)16-8-1-3-9(17)4-2-8/h5-6,8-9,17H,1-4H2,(H,16,18)/t8-,9-. The Hall–Kier alpha value is -1.20. The molecule has 0 aromatic carbocycles. The van der Waals surface area contributed by atoms with Crippen LogP contribution in [0.2, 0.25) is 5.15 Å². The van der Waals surface area contributed by atoms with Crippen molar-refractivity contribution in [1.29, 1.82) is 0 Å². The summed E-state index contributed by atoms with van der Waals surface area (Å²) in [6.45, 7) is 0. The third-order valence-corrected chi connectivity index (χ3v) is 3.38. The summed E-state index contributed by atoms with van der Waals surface area (Å²) in [6.07, 6.45) is 3.45. The van der Waals surface area contributed by atoms with Crippen LogP contribution in [0.5, 0.6) is 0 Å². The van der Waals surface area contributed by atoms with Gasteiger partial charge in [-0.2, -0.15) is 0 Å². The third-order valence-electron chi connectivity index (χ3n) is 3.08. The van der Waals surface area contributed by atoms with E-state index in [2.05, 4.69) is 10.3 Å². The third kappa shape index (κ3) is 3.17. The van der Waals surface area contributed by atoms with Gasteiger partial charge in [0.25, 0.3) is 5.91 Å². The fourth-order valence-electron chi connectivity index (χ4n) is 2.07. The summed E-state index contributed by atoms with van der Waals surface area (Å²) in [7, 11) is 0. The van der Waals surface area contributed by atoms with Crippen molar-refractivity contribution in [3.05, 3.63) is 28.8 Å². The Morgan fingerprint density at radius 2 is 2.11 bits per heavy atom. The van der Waals surface area contributed by atoms with E-state index in [1.165, 1.54) is 0 Å². The quantitative estimate of drug-likeness (QED) is 0.809. The zero-order chi connectivity index (χ0) is 13.1. The van der Waals surface area contributed by atoms with Gasteiger partial charge in [-0.25, -0.2) is 9.37 Å². The lowest BCUT2D eigenvalue weighted by Crippen LogP contribution is -2.38. The highest BCUT2D eigenvalue weighted by Crippen LogP contribution is 2.20. The van der Waals surface area contributed by atoms with Crippen molar-refractivity contribution < 1.29 is 14.3 Å². The lowest BCUT2D eigenvalue weighted by molar-refractivity contribution is 0.0867. The number of amides is 1. The number of rotatable bonds is 2. The average molecular weight is 273 g/mol. The van der Waals surface area contributed by atoms with Crippen molar-refractivity contribution >= 4 is 17.5 Å². The maximum absolute atomic E-state index is 13.0. The highest BCUT2D eigenvalue weighted by atomic mass is 35.5. The molecule has 1 aliphatic carbocycles. The van der Waals surface area contributed by atoms with Crippen molar-refractivity contribution in [2.45, 2.75) is 37.8 Å². The van der Waals surface area contributed by atoms with E-state index < -0.39 is 11.7 Å². The molecule has 1 amide bonds. The maximum Gasteiger partial charge on any atom is 0.254 e. The van der Waals surface area contributed by atoms with E-state index in [4.69, 9.17) is 11.6 Å². The molecule has 0 saturated heterocycles. The van der Waals surface area contributed by atoms with Gasteiger partial charge >= 0.3 is 0 Å². The zero-order valence-electron chi connectivity index (χ0n) is 9.70. The molecule has 0 bridgehead atoms. The van der Waals surface area contributed by atoms with Gasteiger partial charge in [-0.3, -0.25) is 4.79 Å². The number of hydrogen-bond donors (Lipinski definition) is 2. The minimum atomic E-state index is -0.594. The Bertz CT molecular complexity index is 448. The molecule has 0 spiro atoms. The van der Waals surface area contributed by atoms with Crippen molar-refractivity contribution in [1.82, 2.24) is 10.3 Å². The monoisotopic (exact) mass is 272 g/mol. The van der Waals surface area contributed by atoms with Crippen LogP contribution >= 0.6 is 11.6 Å². The first-order valence-electron chi connectivity index (χ1n) is 5.86. The Kier molecular flexibility index (Phi) is 4.14. The van der Waals surface area contributed by atoms with E-state index in [9.17, 15) is 14.3 Å². The van der Waals surface area contributed by atoms with E-state index >= 15 is 0 Å². The molecule has 0 unspecified atom stereocenters. The van der Waals surface area contributed by atoms with Gasteiger partial charge in [-0.05, 0) is 31.7 Å². The average Bonchev–Trinajstić information content (AvgIpc) is 2.35. The van der Waals surface area contributed by atoms with Crippen LogP contribution in [0.15, 0.2) is 12.3 Å². The highest BCUT2D eigenvalue weighted by molar-refractivity contribution is 6.32. The summed E-state index contributed by atoms with van der Waals surface area (Å²) in [5.41, 5.74) is 0.0442. The van der Waals surface area contributed by atoms with Crippen LogP contribution in [0.3, 0.4) is 0 Å². The Morgan fingerprint density at radius 1 is 1.44 bits per heavy atom. The highest BCUT2D eigenvalue weighted by Gasteiger charge is 2.22. The fraction of sp³-hybridized carbons (Fsp3) is 0.500. The van der Waals surface area contributed by atoms with Gasteiger partial charge in [-0.15, -0.1) is 0 Å². The minimum absolute atomic E-state index is 0.000217. The van der Waals surface area contributed by atoms with Crippen LogP contribution in [0.25, 0.3) is 0 Å². The summed E-state index contributed by atoms with van der Waals surface area (Å²) < 4.78 is 13.0. The number of aliphatic hydroxyl groups is 1. The first kappa shape index (κ1) is 13.2. The molecule has 18 heavy (non-hydrogen) atoms. The molecular formula is C12H14ClFN2O2. The number of aliphatic hydroxyl groups excluding tert-OH is 1. The predicted molar refractivity (Wildman–Crippen MR) is 64.9 cm³/mol. The number of carbonyl (C=O) groups excluding carboxylic acids is 1. The van der Waals surface area contributed by atoms with Crippen LogP contribution in [-0.4, -0.2) is 28.1 Å². The molecule has 1 saturated carbocycles. The predicted octanol–water partition coefficient (Wildman–Crippen LogP) is 1.91. The van der Waals surface area contributed by atoms with Crippen LogP contribution in [-0.2, 0) is 0 Å². The van der Waals surface area contributed by atoms with Crippen molar-refractivity contribution in [2.75, 3.05) is 0 Å². The van der Waals surface area contributed by atoms with Gasteiger partial charge in [0, 0.05) is 6.04 Å². The summed E-state index contributed by atoms with van der Waals surface area (Å²) >= 11 is 5.75. The topological polar surface area (TPSA) is 62.2 Å². The summed E-state index contributed by atoms with van der Waals surface area (Å²) in [4.78, 5) is 15.5. The number of carbonyl (C=O) groups is 1. The number of hydrogen-bond acceptors (Lipinski definition) is 3. The van der Waals surface area contributed by atoms with E-state index in [0.29, 0.717) is 25.7 Å². The Morgan fingerprint density at radius 3 is 2.78 bits per heavy atom. The van der Waals surface area contributed by atoms with Gasteiger partial charge in [0.2, 0.25) is 0 Å². The van der Waals surface area contributed by atoms with Crippen LogP contribution in [0.1, 0.15) is 36.0 Å². The Labute approximate surface area is 109 Å². The molecule has 2 rings (SSSR count). The van der Waals surface area contributed by atoms with Crippen molar-refractivity contribution in [3.63, 3.8) is 0 Å². The smallest absolute Gasteiger partial charge is 0.254 e. The normalized spacial score (nSPS) is 23.7. The number of aromatic nitrogens is 1. The number of pyridine rings is 1. The Balaban J connectivity index is 2.01.